The van der Waals surface area contributed by atoms with E-state index in [1.165, 1.54) is 18.2 Å². The fraction of sp³-hybridized carbons (Fsp3) is 0.364. The number of benzene rings is 1. The number of hydrogen-bond acceptors (Lipinski definition) is 2. The average molecular weight is 246 g/mol. The van der Waals surface area contributed by atoms with Crippen molar-refractivity contribution in [3.05, 3.63) is 34.6 Å². The highest BCUT2D eigenvalue weighted by Crippen LogP contribution is 2.15. The molecule has 0 radical (unpaired) electrons. The third kappa shape index (κ3) is 4.16. The Kier molecular flexibility index (Phi) is 5.22. The lowest BCUT2D eigenvalue weighted by molar-refractivity contribution is -0.120. The van der Waals surface area contributed by atoms with Crippen molar-refractivity contribution in [2.24, 2.45) is 0 Å². The van der Waals surface area contributed by atoms with Gasteiger partial charge < -0.3 is 10.4 Å². The number of amides is 1. The minimum absolute atomic E-state index is 0.0196. The van der Waals surface area contributed by atoms with Gasteiger partial charge in [-0.1, -0.05) is 11.6 Å². The molecule has 1 amide bonds. The molecule has 1 aromatic rings. The predicted octanol–water partition coefficient (Wildman–Crippen LogP) is 1.52. The molecule has 0 spiro atoms. The van der Waals surface area contributed by atoms with Crippen LogP contribution in [-0.2, 0) is 11.2 Å². The van der Waals surface area contributed by atoms with Crippen LogP contribution in [0.1, 0.15) is 12.0 Å². The Labute approximate surface area is 98.2 Å². The Morgan fingerprint density at radius 3 is 2.94 bits per heavy atom. The molecule has 0 bridgehead atoms. The van der Waals surface area contributed by atoms with Crippen LogP contribution in [-0.4, -0.2) is 24.2 Å². The van der Waals surface area contributed by atoms with E-state index in [-0.39, 0.29) is 24.5 Å². The third-order valence-corrected chi connectivity index (χ3v) is 2.25. The van der Waals surface area contributed by atoms with Crippen molar-refractivity contribution in [3.63, 3.8) is 0 Å². The van der Waals surface area contributed by atoms with Gasteiger partial charge in [-0.2, -0.15) is 0 Å². The third-order valence-electron chi connectivity index (χ3n) is 2.02. The summed E-state index contributed by atoms with van der Waals surface area (Å²) >= 11 is 5.70. The van der Waals surface area contributed by atoms with Crippen LogP contribution >= 0.6 is 11.6 Å². The molecule has 5 heteroatoms. The lowest BCUT2D eigenvalue weighted by Gasteiger charge is -2.05. The van der Waals surface area contributed by atoms with E-state index < -0.39 is 5.82 Å². The molecule has 0 unspecified atom stereocenters. The number of aliphatic hydroxyl groups is 1. The van der Waals surface area contributed by atoms with Gasteiger partial charge in [0.1, 0.15) is 5.82 Å². The second-order valence-corrected chi connectivity index (χ2v) is 3.78. The largest absolute Gasteiger partial charge is 0.396 e. The molecule has 0 aliphatic rings. The van der Waals surface area contributed by atoms with E-state index in [4.69, 9.17) is 16.7 Å². The molecule has 0 saturated heterocycles. The molecule has 0 aromatic heterocycles. The second kappa shape index (κ2) is 6.45. The number of hydrogen-bond donors (Lipinski definition) is 2. The van der Waals surface area contributed by atoms with E-state index in [1.54, 1.807) is 0 Å². The first-order valence-corrected chi connectivity index (χ1v) is 5.32. The van der Waals surface area contributed by atoms with E-state index in [0.717, 1.165) is 0 Å². The number of rotatable bonds is 5. The number of carbonyl (C=O) groups is 1. The number of carbonyl (C=O) groups excluding carboxylic acids is 1. The van der Waals surface area contributed by atoms with Gasteiger partial charge in [-0.15, -0.1) is 0 Å². The molecule has 16 heavy (non-hydrogen) atoms. The molecule has 0 heterocycles. The number of halogens is 2. The molecule has 0 aliphatic carbocycles. The van der Waals surface area contributed by atoms with Crippen LogP contribution in [0.15, 0.2) is 18.2 Å². The summed E-state index contributed by atoms with van der Waals surface area (Å²) in [4.78, 5) is 11.3. The van der Waals surface area contributed by atoms with E-state index in [9.17, 15) is 9.18 Å². The first-order chi connectivity index (χ1) is 7.63. The van der Waals surface area contributed by atoms with Gasteiger partial charge >= 0.3 is 0 Å². The molecule has 2 N–H and O–H groups in total. The molecular formula is C11H13ClFNO2. The number of nitrogens with one attached hydrogen (secondary N) is 1. The van der Waals surface area contributed by atoms with Crippen LogP contribution in [0.3, 0.4) is 0 Å². The molecule has 0 atom stereocenters. The normalized spacial score (nSPS) is 10.2. The summed E-state index contributed by atoms with van der Waals surface area (Å²) in [6.45, 7) is 0.406. The van der Waals surface area contributed by atoms with Crippen LogP contribution in [0, 0.1) is 5.82 Å². The average Bonchev–Trinajstić information content (AvgIpc) is 2.24. The summed E-state index contributed by atoms with van der Waals surface area (Å²) in [7, 11) is 0. The van der Waals surface area contributed by atoms with Crippen LogP contribution in [0.2, 0.25) is 5.02 Å². The van der Waals surface area contributed by atoms with Crippen molar-refractivity contribution in [1.82, 2.24) is 5.32 Å². The standard InChI is InChI=1S/C11H13ClFNO2/c12-9-2-3-10(13)8(6-9)7-11(16)14-4-1-5-15/h2-3,6,15H,1,4-5,7H2,(H,14,16). The Morgan fingerprint density at radius 1 is 1.50 bits per heavy atom. The van der Waals surface area contributed by atoms with Gasteiger partial charge in [-0.25, -0.2) is 4.39 Å². The molecule has 1 rings (SSSR count). The van der Waals surface area contributed by atoms with E-state index in [1.807, 2.05) is 0 Å². The van der Waals surface area contributed by atoms with Crippen molar-refractivity contribution < 1.29 is 14.3 Å². The highest BCUT2D eigenvalue weighted by molar-refractivity contribution is 6.30. The Bertz CT molecular complexity index is 371. The van der Waals surface area contributed by atoms with Gasteiger partial charge in [-0.05, 0) is 30.2 Å². The van der Waals surface area contributed by atoms with Crippen molar-refractivity contribution >= 4 is 17.5 Å². The smallest absolute Gasteiger partial charge is 0.224 e. The monoisotopic (exact) mass is 245 g/mol. The summed E-state index contributed by atoms with van der Waals surface area (Å²) in [6.07, 6.45) is 0.446. The molecule has 3 nitrogen and oxygen atoms in total. The Hall–Kier alpha value is -1.13. The van der Waals surface area contributed by atoms with Gasteiger partial charge in [0.2, 0.25) is 5.91 Å². The predicted molar refractivity (Wildman–Crippen MR) is 59.8 cm³/mol. The van der Waals surface area contributed by atoms with Gasteiger partial charge in [-0.3, -0.25) is 4.79 Å². The first-order valence-electron chi connectivity index (χ1n) is 4.95. The molecule has 0 saturated carbocycles. The summed E-state index contributed by atoms with van der Waals surface area (Å²) in [5.74, 6) is -0.726. The molecular weight excluding hydrogens is 233 g/mol. The van der Waals surface area contributed by atoms with Gasteiger partial charge in [0.25, 0.3) is 0 Å². The van der Waals surface area contributed by atoms with Crippen molar-refractivity contribution in [1.29, 1.82) is 0 Å². The first kappa shape index (κ1) is 12.9. The van der Waals surface area contributed by atoms with E-state index in [2.05, 4.69) is 5.32 Å². The fourth-order valence-electron chi connectivity index (χ4n) is 1.22. The van der Waals surface area contributed by atoms with Crippen LogP contribution < -0.4 is 5.32 Å². The maximum Gasteiger partial charge on any atom is 0.224 e. The summed E-state index contributed by atoms with van der Waals surface area (Å²) < 4.78 is 13.2. The molecule has 0 aliphatic heterocycles. The quantitative estimate of drug-likeness (QED) is 0.773. The maximum absolute atomic E-state index is 13.2. The lowest BCUT2D eigenvalue weighted by atomic mass is 10.1. The summed E-state index contributed by atoms with van der Waals surface area (Å²) in [5.41, 5.74) is 0.272. The van der Waals surface area contributed by atoms with Crippen molar-refractivity contribution in [3.8, 4) is 0 Å². The zero-order chi connectivity index (χ0) is 12.0. The minimum atomic E-state index is -0.443. The van der Waals surface area contributed by atoms with Crippen LogP contribution in [0.25, 0.3) is 0 Å². The molecule has 1 aromatic carbocycles. The fourth-order valence-corrected chi connectivity index (χ4v) is 1.42. The zero-order valence-corrected chi connectivity index (χ0v) is 9.43. The Morgan fingerprint density at radius 2 is 2.25 bits per heavy atom. The van der Waals surface area contributed by atoms with Crippen molar-refractivity contribution in [2.45, 2.75) is 12.8 Å². The van der Waals surface area contributed by atoms with E-state index in [0.29, 0.717) is 18.0 Å². The lowest BCUT2D eigenvalue weighted by Crippen LogP contribution is -2.26. The topological polar surface area (TPSA) is 49.3 Å². The van der Waals surface area contributed by atoms with Gasteiger partial charge in [0.05, 0.1) is 6.42 Å². The molecule has 0 fully saturated rings. The maximum atomic E-state index is 13.2. The zero-order valence-electron chi connectivity index (χ0n) is 8.67. The van der Waals surface area contributed by atoms with Crippen molar-refractivity contribution in [2.75, 3.05) is 13.2 Å². The van der Waals surface area contributed by atoms with Gasteiger partial charge in [0, 0.05) is 18.2 Å². The minimum Gasteiger partial charge on any atom is -0.396 e. The number of aliphatic hydroxyl groups excluding tert-OH is 1. The Balaban J connectivity index is 2.52. The van der Waals surface area contributed by atoms with Crippen LogP contribution in [0.5, 0.6) is 0 Å². The second-order valence-electron chi connectivity index (χ2n) is 3.34. The van der Waals surface area contributed by atoms with Gasteiger partial charge in [0.15, 0.2) is 0 Å². The summed E-state index contributed by atoms with van der Waals surface area (Å²) in [6, 6.07) is 4.10. The van der Waals surface area contributed by atoms with E-state index >= 15 is 0 Å². The summed E-state index contributed by atoms with van der Waals surface area (Å²) in [5, 5.41) is 11.5. The van der Waals surface area contributed by atoms with Crippen LogP contribution in [0.4, 0.5) is 4.39 Å². The SMILES string of the molecule is O=C(Cc1cc(Cl)ccc1F)NCCCO. The molecule has 88 valence electrons. The highest BCUT2D eigenvalue weighted by atomic mass is 35.5. The highest BCUT2D eigenvalue weighted by Gasteiger charge is 2.08.